The van der Waals surface area contributed by atoms with E-state index in [4.69, 9.17) is 19.2 Å². The lowest BCUT2D eigenvalue weighted by Crippen LogP contribution is -2.08. The number of methoxy groups -OCH3 is 1. The molecule has 0 unspecified atom stereocenters. The number of benzene rings is 2. The van der Waals surface area contributed by atoms with Crippen LogP contribution in [0.3, 0.4) is 0 Å². The maximum absolute atomic E-state index is 5.53. The number of hydrogen-bond acceptors (Lipinski definition) is 5. The Morgan fingerprint density at radius 3 is 2.70 bits per heavy atom. The summed E-state index contributed by atoms with van der Waals surface area (Å²) in [6.07, 6.45) is 1.80. The predicted octanol–water partition coefficient (Wildman–Crippen LogP) is 3.77. The van der Waals surface area contributed by atoms with Crippen molar-refractivity contribution in [3.63, 3.8) is 0 Å². The van der Waals surface area contributed by atoms with E-state index >= 15 is 0 Å². The minimum atomic E-state index is 0.0681. The molecule has 4 aromatic rings. The van der Waals surface area contributed by atoms with E-state index in [1.54, 1.807) is 13.3 Å². The number of nitrogens with zero attached hydrogens (tertiary/aromatic N) is 3. The molecule has 1 aliphatic rings. The topological polar surface area (TPSA) is 74.2 Å². The number of ether oxygens (including phenoxy) is 3. The third-order valence-electron chi connectivity index (χ3n) is 4.84. The molecule has 0 saturated carbocycles. The molecule has 1 aliphatic heterocycles. The lowest BCUT2D eigenvalue weighted by Gasteiger charge is -2.12. The van der Waals surface area contributed by atoms with Crippen LogP contribution in [0.15, 0.2) is 48.7 Å². The Kier molecular flexibility index (Phi) is 3.53. The largest absolute Gasteiger partial charge is 0.496 e. The van der Waals surface area contributed by atoms with Gasteiger partial charge in [-0.1, -0.05) is 30.3 Å². The van der Waals surface area contributed by atoms with Gasteiger partial charge in [0, 0.05) is 6.07 Å². The second-order valence-electron chi connectivity index (χ2n) is 6.40. The normalized spacial score (nSPS) is 13.9. The molecule has 2 aromatic heterocycles. The van der Waals surface area contributed by atoms with Crippen LogP contribution in [0, 0.1) is 0 Å². The number of aromatic amines is 1. The number of hydrogen-bond donors (Lipinski definition) is 1. The zero-order valence-electron chi connectivity index (χ0n) is 15.0. The minimum Gasteiger partial charge on any atom is -0.496 e. The van der Waals surface area contributed by atoms with E-state index in [9.17, 15) is 0 Å². The molecule has 0 fully saturated rings. The van der Waals surface area contributed by atoms with E-state index in [1.807, 2.05) is 35.0 Å². The average molecular weight is 362 g/mol. The molecule has 1 atom stereocenters. The van der Waals surface area contributed by atoms with Crippen LogP contribution >= 0.6 is 0 Å². The molecule has 0 spiro atoms. The second-order valence-corrected chi connectivity index (χ2v) is 6.40. The number of nitrogens with one attached hydrogen (secondary N) is 1. The zero-order chi connectivity index (χ0) is 18.4. The standard InChI is InChI=1S/C20H18N4O3/c1-12(13-6-4-3-5-7-13)24-20-15(10-21-24)22-19(23-20)14-8-17-18(27-11-26-17)9-16(14)25-2/h3-10,12H,11H2,1-2H3,(H,22,23)/t12-/m1/s1. The van der Waals surface area contributed by atoms with Gasteiger partial charge in [-0.2, -0.15) is 5.10 Å². The Balaban J connectivity index is 1.60. The Morgan fingerprint density at radius 2 is 1.93 bits per heavy atom. The Labute approximate surface area is 155 Å². The lowest BCUT2D eigenvalue weighted by atomic mass is 10.1. The van der Waals surface area contributed by atoms with Gasteiger partial charge in [0.25, 0.3) is 0 Å². The Bertz CT molecular complexity index is 1120. The van der Waals surface area contributed by atoms with Crippen molar-refractivity contribution >= 4 is 11.2 Å². The van der Waals surface area contributed by atoms with Gasteiger partial charge in [-0.3, -0.25) is 0 Å². The van der Waals surface area contributed by atoms with E-state index in [0.29, 0.717) is 23.1 Å². The van der Waals surface area contributed by atoms with E-state index in [-0.39, 0.29) is 12.8 Å². The second kappa shape index (κ2) is 6.05. The van der Waals surface area contributed by atoms with Crippen molar-refractivity contribution in [3.05, 3.63) is 54.2 Å². The van der Waals surface area contributed by atoms with Gasteiger partial charge in [-0.05, 0) is 18.6 Å². The fraction of sp³-hybridized carbons (Fsp3) is 0.200. The maximum atomic E-state index is 5.53. The maximum Gasteiger partial charge on any atom is 0.231 e. The molecule has 7 nitrogen and oxygen atoms in total. The summed E-state index contributed by atoms with van der Waals surface area (Å²) in [4.78, 5) is 8.13. The summed E-state index contributed by atoms with van der Waals surface area (Å²) in [5.74, 6) is 2.74. The van der Waals surface area contributed by atoms with Crippen LogP contribution in [0.4, 0.5) is 0 Å². The van der Waals surface area contributed by atoms with Crippen molar-refractivity contribution in [2.45, 2.75) is 13.0 Å². The summed E-state index contributed by atoms with van der Waals surface area (Å²) in [5, 5.41) is 4.51. The van der Waals surface area contributed by atoms with Crippen LogP contribution < -0.4 is 14.2 Å². The van der Waals surface area contributed by atoms with Crippen LogP contribution in [0.2, 0.25) is 0 Å². The molecule has 5 rings (SSSR count). The fourth-order valence-electron chi connectivity index (χ4n) is 3.38. The van der Waals surface area contributed by atoms with E-state index < -0.39 is 0 Å². The van der Waals surface area contributed by atoms with Gasteiger partial charge in [0.1, 0.15) is 17.1 Å². The fourth-order valence-corrected chi connectivity index (χ4v) is 3.38. The van der Waals surface area contributed by atoms with Crippen LogP contribution in [0.25, 0.3) is 22.6 Å². The molecule has 2 aromatic carbocycles. The predicted molar refractivity (Wildman–Crippen MR) is 100 cm³/mol. The van der Waals surface area contributed by atoms with Crippen molar-refractivity contribution in [1.29, 1.82) is 0 Å². The number of rotatable bonds is 4. The molecule has 0 amide bonds. The molecule has 0 saturated heterocycles. The zero-order valence-corrected chi connectivity index (χ0v) is 15.0. The Morgan fingerprint density at radius 1 is 1.15 bits per heavy atom. The molecule has 0 radical (unpaired) electrons. The summed E-state index contributed by atoms with van der Waals surface area (Å²) in [5.41, 5.74) is 3.65. The first-order chi connectivity index (χ1) is 13.2. The first kappa shape index (κ1) is 15.7. The molecule has 3 heterocycles. The van der Waals surface area contributed by atoms with Crippen molar-refractivity contribution in [2.75, 3.05) is 13.9 Å². The lowest BCUT2D eigenvalue weighted by molar-refractivity contribution is 0.174. The average Bonchev–Trinajstić information content (AvgIpc) is 3.41. The highest BCUT2D eigenvalue weighted by Gasteiger charge is 2.22. The van der Waals surface area contributed by atoms with Crippen molar-refractivity contribution in [3.8, 4) is 28.6 Å². The first-order valence-corrected chi connectivity index (χ1v) is 8.71. The number of fused-ring (bicyclic) bond motifs is 2. The SMILES string of the molecule is COc1cc2c(cc1-c1nc3c(cnn3[C@H](C)c3ccccc3)[nH]1)OCO2. The molecular formula is C20H18N4O3. The highest BCUT2D eigenvalue weighted by atomic mass is 16.7. The summed E-state index contributed by atoms with van der Waals surface area (Å²) >= 11 is 0. The summed E-state index contributed by atoms with van der Waals surface area (Å²) in [6.45, 7) is 2.32. The highest BCUT2D eigenvalue weighted by Crippen LogP contribution is 2.42. The van der Waals surface area contributed by atoms with Gasteiger partial charge >= 0.3 is 0 Å². The van der Waals surface area contributed by atoms with Crippen molar-refractivity contribution in [1.82, 2.24) is 19.7 Å². The number of imidazole rings is 1. The van der Waals surface area contributed by atoms with E-state index in [1.165, 1.54) is 5.56 Å². The van der Waals surface area contributed by atoms with E-state index in [2.05, 4.69) is 29.1 Å². The van der Waals surface area contributed by atoms with Crippen molar-refractivity contribution < 1.29 is 14.2 Å². The molecule has 1 N–H and O–H groups in total. The van der Waals surface area contributed by atoms with E-state index in [0.717, 1.165) is 16.7 Å². The van der Waals surface area contributed by atoms with Crippen LogP contribution in [0.5, 0.6) is 17.2 Å². The molecule has 136 valence electrons. The van der Waals surface area contributed by atoms with Crippen molar-refractivity contribution in [2.24, 2.45) is 0 Å². The van der Waals surface area contributed by atoms with Gasteiger partial charge in [0.2, 0.25) is 6.79 Å². The van der Waals surface area contributed by atoms with Gasteiger partial charge < -0.3 is 19.2 Å². The third-order valence-corrected chi connectivity index (χ3v) is 4.84. The molecule has 0 bridgehead atoms. The van der Waals surface area contributed by atoms with Crippen LogP contribution in [-0.4, -0.2) is 33.7 Å². The number of aromatic nitrogens is 4. The van der Waals surface area contributed by atoms with Crippen LogP contribution in [0.1, 0.15) is 18.5 Å². The summed E-state index contributed by atoms with van der Waals surface area (Å²) in [7, 11) is 1.63. The summed E-state index contributed by atoms with van der Waals surface area (Å²) < 4.78 is 18.4. The number of H-pyrrole nitrogens is 1. The molecule has 7 heteroatoms. The smallest absolute Gasteiger partial charge is 0.231 e. The quantitative estimate of drug-likeness (QED) is 0.598. The Hall–Kier alpha value is -3.48. The third kappa shape index (κ3) is 2.51. The van der Waals surface area contributed by atoms with Gasteiger partial charge in [-0.15, -0.1) is 0 Å². The molecule has 27 heavy (non-hydrogen) atoms. The molecular weight excluding hydrogens is 344 g/mol. The minimum absolute atomic E-state index is 0.0681. The van der Waals surface area contributed by atoms with Gasteiger partial charge in [0.05, 0.1) is 24.9 Å². The van der Waals surface area contributed by atoms with Gasteiger partial charge in [-0.25, -0.2) is 9.67 Å². The molecule has 0 aliphatic carbocycles. The first-order valence-electron chi connectivity index (χ1n) is 8.71. The highest BCUT2D eigenvalue weighted by molar-refractivity contribution is 5.79. The van der Waals surface area contributed by atoms with Gasteiger partial charge in [0.15, 0.2) is 17.1 Å². The summed E-state index contributed by atoms with van der Waals surface area (Å²) in [6, 6.07) is 14.0. The monoisotopic (exact) mass is 362 g/mol. The van der Waals surface area contributed by atoms with Crippen LogP contribution in [-0.2, 0) is 0 Å².